The van der Waals surface area contributed by atoms with Crippen molar-refractivity contribution in [3.05, 3.63) is 33.1 Å². The molecule has 3 N–H and O–H groups in total. The highest BCUT2D eigenvalue weighted by molar-refractivity contribution is 5.02. The molecule has 1 aliphatic rings. The molecule has 2 rings (SSSR count). The van der Waals surface area contributed by atoms with Gasteiger partial charge in [0.25, 0.3) is 5.56 Å². The Kier molecular flexibility index (Phi) is 3.52. The molecule has 19 heavy (non-hydrogen) atoms. The number of hydrogen-bond donors (Lipinski definition) is 3. The minimum atomic E-state index is -2.12. The predicted molar refractivity (Wildman–Crippen MR) is 58.1 cm³/mol. The molecule has 0 unspecified atom stereocenters. The van der Waals surface area contributed by atoms with E-state index >= 15 is 0 Å². The molecule has 2 heterocycles. The van der Waals surface area contributed by atoms with Crippen LogP contribution >= 0.6 is 0 Å². The summed E-state index contributed by atoms with van der Waals surface area (Å²) in [5.41, 5.74) is -3.76. The second kappa shape index (κ2) is 4.83. The van der Waals surface area contributed by atoms with Gasteiger partial charge >= 0.3 is 5.69 Å². The van der Waals surface area contributed by atoms with Crippen molar-refractivity contribution in [2.75, 3.05) is 13.3 Å². The maximum absolute atomic E-state index is 13.9. The second-order valence-electron chi connectivity index (χ2n) is 4.27. The predicted octanol–water partition coefficient (Wildman–Crippen LogP) is -1.53. The Bertz CT molecular complexity index is 568. The maximum Gasteiger partial charge on any atom is 0.330 e. The number of nitrogens with one attached hydrogen (secondary N) is 1. The average molecular weight is 278 g/mol. The van der Waals surface area contributed by atoms with Crippen LogP contribution in [-0.2, 0) is 4.74 Å². The molecule has 4 atom stereocenters. The Morgan fingerprint density at radius 2 is 2.21 bits per heavy atom. The molecule has 1 fully saturated rings. The van der Waals surface area contributed by atoms with Crippen LogP contribution in [0.25, 0.3) is 0 Å². The van der Waals surface area contributed by atoms with Gasteiger partial charge in [0.1, 0.15) is 12.8 Å². The van der Waals surface area contributed by atoms with Gasteiger partial charge in [-0.15, -0.1) is 0 Å². The van der Waals surface area contributed by atoms with E-state index in [0.717, 1.165) is 12.3 Å². The summed E-state index contributed by atoms with van der Waals surface area (Å²) in [6, 6.07) is 0.957. The Morgan fingerprint density at radius 1 is 1.53 bits per heavy atom. The molecule has 7 nitrogen and oxygen atoms in total. The summed E-state index contributed by atoms with van der Waals surface area (Å²) in [6.07, 6.45) is -4.70. The van der Waals surface area contributed by atoms with E-state index in [1.165, 1.54) is 0 Å². The third-order valence-electron chi connectivity index (χ3n) is 3.09. The highest BCUT2D eigenvalue weighted by atomic mass is 19.1. The monoisotopic (exact) mass is 278 g/mol. The van der Waals surface area contributed by atoms with E-state index in [1.807, 2.05) is 4.98 Å². The molecule has 1 saturated heterocycles. The Labute approximate surface area is 105 Å². The van der Waals surface area contributed by atoms with Crippen LogP contribution in [0.4, 0.5) is 8.78 Å². The van der Waals surface area contributed by atoms with Crippen LogP contribution in [0.15, 0.2) is 21.9 Å². The number of hydrogen-bond acceptors (Lipinski definition) is 5. The highest BCUT2D eigenvalue weighted by Crippen LogP contribution is 2.38. The third-order valence-corrected chi connectivity index (χ3v) is 3.09. The van der Waals surface area contributed by atoms with E-state index in [2.05, 4.69) is 0 Å². The van der Waals surface area contributed by atoms with Crippen molar-refractivity contribution in [3.63, 3.8) is 0 Å². The van der Waals surface area contributed by atoms with E-state index < -0.39 is 48.6 Å². The van der Waals surface area contributed by atoms with E-state index in [4.69, 9.17) is 9.84 Å². The Balaban J connectivity index is 2.42. The first-order valence-electron chi connectivity index (χ1n) is 5.43. The number of halogens is 2. The zero-order valence-corrected chi connectivity index (χ0v) is 9.62. The largest absolute Gasteiger partial charge is 0.393 e. The van der Waals surface area contributed by atoms with Crippen LogP contribution in [0.2, 0.25) is 0 Å². The molecule has 0 saturated carbocycles. The topological polar surface area (TPSA) is 105 Å². The van der Waals surface area contributed by atoms with Gasteiger partial charge in [0.2, 0.25) is 0 Å². The lowest BCUT2D eigenvalue weighted by atomic mass is 9.98. The highest BCUT2D eigenvalue weighted by Gasteiger charge is 2.56. The van der Waals surface area contributed by atoms with Gasteiger partial charge in [-0.05, 0) is 0 Å². The number of aliphatic hydroxyl groups is 2. The van der Waals surface area contributed by atoms with Crippen molar-refractivity contribution >= 4 is 0 Å². The quantitative estimate of drug-likeness (QED) is 0.622. The molecule has 0 amide bonds. The lowest BCUT2D eigenvalue weighted by molar-refractivity contribution is -0.138. The molecular weight excluding hydrogens is 266 g/mol. The van der Waals surface area contributed by atoms with Gasteiger partial charge in [-0.25, -0.2) is 13.6 Å². The molecular formula is C10H12F2N2O5. The Hall–Kier alpha value is -1.58. The zero-order valence-electron chi connectivity index (χ0n) is 9.62. The fourth-order valence-corrected chi connectivity index (χ4v) is 1.94. The summed E-state index contributed by atoms with van der Waals surface area (Å²) in [5.74, 6) is 0. The van der Waals surface area contributed by atoms with Gasteiger partial charge in [-0.3, -0.25) is 14.3 Å². The van der Waals surface area contributed by atoms with Crippen molar-refractivity contribution in [1.29, 1.82) is 0 Å². The van der Waals surface area contributed by atoms with Gasteiger partial charge in [-0.2, -0.15) is 0 Å². The molecule has 9 heteroatoms. The van der Waals surface area contributed by atoms with Gasteiger partial charge in [0.05, 0.1) is 6.61 Å². The maximum atomic E-state index is 13.9. The lowest BCUT2D eigenvalue weighted by Crippen LogP contribution is -2.47. The summed E-state index contributed by atoms with van der Waals surface area (Å²) in [5, 5.41) is 18.6. The minimum Gasteiger partial charge on any atom is -0.393 e. The molecule has 0 spiro atoms. The molecule has 0 radical (unpaired) electrons. The standard InChI is InChI=1S/C10H12F2N2O5/c11-3-10(4-15)7(17)6(12)8(19-10)14-2-1-5(16)13-9(14)18/h1-2,6-8,15,17H,3-4H2,(H,13,16,18)/t6-,7-,8+,10+/m0/s1. The van der Waals surface area contributed by atoms with Crippen molar-refractivity contribution < 1.29 is 23.7 Å². The normalized spacial score (nSPS) is 34.6. The van der Waals surface area contributed by atoms with Gasteiger partial charge in [-0.1, -0.05) is 0 Å². The Morgan fingerprint density at radius 3 is 2.68 bits per heavy atom. The smallest absolute Gasteiger partial charge is 0.330 e. The van der Waals surface area contributed by atoms with E-state index in [1.54, 1.807) is 0 Å². The van der Waals surface area contributed by atoms with Gasteiger partial charge in [0.15, 0.2) is 18.0 Å². The molecule has 1 aromatic rings. The van der Waals surface area contributed by atoms with Gasteiger partial charge in [0, 0.05) is 12.3 Å². The molecule has 106 valence electrons. The van der Waals surface area contributed by atoms with Crippen LogP contribution in [-0.4, -0.2) is 50.9 Å². The fourth-order valence-electron chi connectivity index (χ4n) is 1.94. The molecule has 0 bridgehead atoms. The number of aromatic amines is 1. The number of aliphatic hydroxyl groups excluding tert-OH is 2. The molecule has 1 aliphatic heterocycles. The van der Waals surface area contributed by atoms with E-state index in [0.29, 0.717) is 4.57 Å². The molecule has 1 aromatic heterocycles. The van der Waals surface area contributed by atoms with Crippen LogP contribution < -0.4 is 11.2 Å². The van der Waals surface area contributed by atoms with Crippen molar-refractivity contribution in [2.24, 2.45) is 0 Å². The summed E-state index contributed by atoms with van der Waals surface area (Å²) in [4.78, 5) is 24.3. The number of ether oxygens (including phenoxy) is 1. The number of H-pyrrole nitrogens is 1. The molecule has 0 aromatic carbocycles. The first-order valence-corrected chi connectivity index (χ1v) is 5.43. The van der Waals surface area contributed by atoms with Crippen LogP contribution in [0, 0.1) is 0 Å². The number of alkyl halides is 2. The van der Waals surface area contributed by atoms with Crippen LogP contribution in [0.1, 0.15) is 6.23 Å². The third kappa shape index (κ3) is 2.09. The summed E-state index contributed by atoms with van der Waals surface area (Å²) in [7, 11) is 0. The van der Waals surface area contributed by atoms with Crippen molar-refractivity contribution in [3.8, 4) is 0 Å². The van der Waals surface area contributed by atoms with E-state index in [9.17, 15) is 23.5 Å². The van der Waals surface area contributed by atoms with E-state index in [-0.39, 0.29) is 0 Å². The summed E-state index contributed by atoms with van der Waals surface area (Å²) >= 11 is 0. The van der Waals surface area contributed by atoms with Crippen molar-refractivity contribution in [2.45, 2.75) is 24.1 Å². The van der Waals surface area contributed by atoms with Crippen molar-refractivity contribution in [1.82, 2.24) is 9.55 Å². The van der Waals surface area contributed by atoms with Crippen LogP contribution in [0.5, 0.6) is 0 Å². The zero-order chi connectivity index (χ0) is 14.2. The average Bonchev–Trinajstić information content (AvgIpc) is 2.64. The number of nitrogens with zero attached hydrogens (tertiary/aromatic N) is 1. The second-order valence-corrected chi connectivity index (χ2v) is 4.27. The SMILES string of the molecule is O=c1ccn([C@@H]2O[C@@](CO)(CF)[C@@H](O)[C@@H]2F)c(=O)[nH]1. The van der Waals surface area contributed by atoms with Crippen LogP contribution in [0.3, 0.4) is 0 Å². The summed E-state index contributed by atoms with van der Waals surface area (Å²) < 4.78 is 32.4. The molecule has 0 aliphatic carbocycles. The fraction of sp³-hybridized carbons (Fsp3) is 0.600. The van der Waals surface area contributed by atoms with Gasteiger partial charge < -0.3 is 14.9 Å². The number of rotatable bonds is 3. The first kappa shape index (κ1) is 13.8. The first-order chi connectivity index (χ1) is 8.95. The lowest BCUT2D eigenvalue weighted by Gasteiger charge is -2.25. The summed E-state index contributed by atoms with van der Waals surface area (Å²) in [6.45, 7) is -2.26. The minimum absolute atomic E-state index is 0.683. The number of aromatic nitrogens is 2.